The summed E-state index contributed by atoms with van der Waals surface area (Å²) >= 11 is 1.30. The van der Waals surface area contributed by atoms with Gasteiger partial charge < -0.3 is 9.32 Å². The van der Waals surface area contributed by atoms with Crippen molar-refractivity contribution in [1.82, 2.24) is 24.6 Å². The molecule has 0 unspecified atom stereocenters. The SMILES string of the molecule is CCN(C(=O)[C@H](C)Sc1nnc(-c2cccnc2)n1Cc1ccco1)[C@@H]1CCS(=O)(=O)C1. The smallest absolute Gasteiger partial charge is 0.236 e. The summed E-state index contributed by atoms with van der Waals surface area (Å²) in [6, 6.07) is 7.15. The molecule has 32 heavy (non-hydrogen) atoms. The monoisotopic (exact) mass is 475 g/mol. The van der Waals surface area contributed by atoms with Crippen molar-refractivity contribution in [2.45, 2.75) is 43.3 Å². The van der Waals surface area contributed by atoms with Gasteiger partial charge in [0.1, 0.15) is 5.76 Å². The van der Waals surface area contributed by atoms with E-state index in [0.717, 1.165) is 11.3 Å². The maximum atomic E-state index is 13.2. The average molecular weight is 476 g/mol. The zero-order valence-electron chi connectivity index (χ0n) is 17.9. The normalized spacial score (nSPS) is 18.5. The minimum absolute atomic E-state index is 0.0315. The van der Waals surface area contributed by atoms with E-state index in [9.17, 15) is 13.2 Å². The Balaban J connectivity index is 1.57. The van der Waals surface area contributed by atoms with Crippen LogP contribution in [0, 0.1) is 0 Å². The third kappa shape index (κ3) is 4.88. The van der Waals surface area contributed by atoms with Gasteiger partial charge in [-0.15, -0.1) is 10.2 Å². The van der Waals surface area contributed by atoms with Gasteiger partial charge in [0.25, 0.3) is 0 Å². The van der Waals surface area contributed by atoms with Crippen molar-refractivity contribution >= 4 is 27.5 Å². The standard InChI is InChI=1S/C21H25N5O4S2/c1-3-25(17-8-11-32(28,29)14-17)20(27)15(2)31-21-24-23-19(16-6-4-9-22-12-16)26(21)13-18-7-5-10-30-18/h4-7,9-10,12,15,17H,3,8,11,13-14H2,1-2H3/t15-,17+/m0/s1. The third-order valence-corrected chi connectivity index (χ3v) is 8.25. The molecule has 3 aromatic rings. The molecule has 0 aromatic carbocycles. The number of carbonyl (C=O) groups excluding carboxylic acids is 1. The minimum Gasteiger partial charge on any atom is -0.467 e. The second kappa shape index (κ2) is 9.45. The zero-order chi connectivity index (χ0) is 22.7. The molecule has 170 valence electrons. The summed E-state index contributed by atoms with van der Waals surface area (Å²) in [5, 5.41) is 8.81. The molecule has 1 amide bonds. The van der Waals surface area contributed by atoms with E-state index in [4.69, 9.17) is 4.42 Å². The zero-order valence-corrected chi connectivity index (χ0v) is 19.6. The lowest BCUT2D eigenvalue weighted by Gasteiger charge is -2.29. The van der Waals surface area contributed by atoms with Crippen molar-refractivity contribution in [3.05, 3.63) is 48.7 Å². The number of aromatic nitrogens is 4. The molecule has 0 spiro atoms. The fraction of sp³-hybridized carbons (Fsp3) is 0.429. The molecule has 0 aliphatic carbocycles. The van der Waals surface area contributed by atoms with Crippen LogP contribution in [0.25, 0.3) is 11.4 Å². The Labute approximate surface area is 191 Å². The van der Waals surface area contributed by atoms with Crippen LogP contribution >= 0.6 is 11.8 Å². The minimum atomic E-state index is -3.08. The van der Waals surface area contributed by atoms with E-state index in [1.807, 2.05) is 42.7 Å². The van der Waals surface area contributed by atoms with Gasteiger partial charge in [-0.05, 0) is 44.5 Å². The number of rotatable bonds is 8. The first-order chi connectivity index (χ1) is 15.4. The van der Waals surface area contributed by atoms with Gasteiger partial charge in [-0.3, -0.25) is 14.3 Å². The Morgan fingerprint density at radius 1 is 1.34 bits per heavy atom. The summed E-state index contributed by atoms with van der Waals surface area (Å²) in [7, 11) is -3.08. The summed E-state index contributed by atoms with van der Waals surface area (Å²) in [4.78, 5) is 19.1. The molecule has 1 aliphatic rings. The number of amides is 1. The first kappa shape index (κ1) is 22.5. The first-order valence-electron chi connectivity index (χ1n) is 10.4. The van der Waals surface area contributed by atoms with Gasteiger partial charge in [0.2, 0.25) is 5.91 Å². The molecule has 11 heteroatoms. The van der Waals surface area contributed by atoms with Gasteiger partial charge in [-0.25, -0.2) is 8.42 Å². The highest BCUT2D eigenvalue weighted by molar-refractivity contribution is 8.00. The fourth-order valence-corrected chi connectivity index (χ4v) is 6.49. The predicted octanol–water partition coefficient (Wildman–Crippen LogP) is 2.50. The molecule has 9 nitrogen and oxygen atoms in total. The van der Waals surface area contributed by atoms with Crippen molar-refractivity contribution < 1.29 is 17.6 Å². The number of hydrogen-bond donors (Lipinski definition) is 0. The molecule has 0 bridgehead atoms. The van der Waals surface area contributed by atoms with E-state index in [2.05, 4.69) is 15.2 Å². The lowest BCUT2D eigenvalue weighted by molar-refractivity contribution is -0.131. The Bertz CT molecular complexity index is 1160. The van der Waals surface area contributed by atoms with Crippen LogP contribution in [0.5, 0.6) is 0 Å². The van der Waals surface area contributed by atoms with E-state index in [0.29, 0.717) is 30.5 Å². The molecule has 0 radical (unpaired) electrons. The Morgan fingerprint density at radius 3 is 2.81 bits per heavy atom. The van der Waals surface area contributed by atoms with Crippen molar-refractivity contribution in [3.8, 4) is 11.4 Å². The van der Waals surface area contributed by atoms with Crippen LogP contribution in [0.1, 0.15) is 26.0 Å². The molecule has 4 heterocycles. The summed E-state index contributed by atoms with van der Waals surface area (Å²) in [6.07, 6.45) is 5.50. The van der Waals surface area contributed by atoms with Crippen LogP contribution in [-0.4, -0.2) is 68.3 Å². The lowest BCUT2D eigenvalue weighted by Crippen LogP contribution is -2.44. The Kier molecular flexibility index (Phi) is 6.66. The van der Waals surface area contributed by atoms with Crippen LogP contribution < -0.4 is 0 Å². The van der Waals surface area contributed by atoms with E-state index in [1.165, 1.54) is 11.8 Å². The highest BCUT2D eigenvalue weighted by Gasteiger charge is 2.36. The molecular formula is C21H25N5O4S2. The fourth-order valence-electron chi connectivity index (χ4n) is 3.84. The van der Waals surface area contributed by atoms with E-state index >= 15 is 0 Å². The number of thioether (sulfide) groups is 1. The third-order valence-electron chi connectivity index (χ3n) is 5.43. The van der Waals surface area contributed by atoms with Crippen LogP contribution in [0.15, 0.2) is 52.5 Å². The largest absolute Gasteiger partial charge is 0.467 e. The van der Waals surface area contributed by atoms with Crippen LogP contribution in [0.3, 0.4) is 0 Å². The molecule has 3 aromatic heterocycles. The lowest BCUT2D eigenvalue weighted by atomic mass is 10.2. The molecule has 1 aliphatic heterocycles. The number of sulfone groups is 1. The number of pyridine rings is 1. The molecule has 0 saturated carbocycles. The maximum Gasteiger partial charge on any atom is 0.236 e. The molecule has 1 saturated heterocycles. The Morgan fingerprint density at radius 2 is 2.19 bits per heavy atom. The second-order valence-corrected chi connectivity index (χ2v) is 11.2. The summed E-state index contributed by atoms with van der Waals surface area (Å²) in [5.41, 5.74) is 0.809. The summed E-state index contributed by atoms with van der Waals surface area (Å²) in [5.74, 6) is 1.43. The van der Waals surface area contributed by atoms with Crippen LogP contribution in [0.4, 0.5) is 0 Å². The molecule has 2 atom stereocenters. The first-order valence-corrected chi connectivity index (χ1v) is 13.1. The highest BCUT2D eigenvalue weighted by Crippen LogP contribution is 2.29. The van der Waals surface area contributed by atoms with Crippen molar-refractivity contribution in [2.75, 3.05) is 18.1 Å². The quantitative estimate of drug-likeness (QED) is 0.457. The van der Waals surface area contributed by atoms with Crippen LogP contribution in [0.2, 0.25) is 0 Å². The summed E-state index contributed by atoms with van der Waals surface area (Å²) in [6.45, 7) is 4.56. The van der Waals surface area contributed by atoms with Gasteiger partial charge >= 0.3 is 0 Å². The van der Waals surface area contributed by atoms with Gasteiger partial charge in [-0.1, -0.05) is 11.8 Å². The summed E-state index contributed by atoms with van der Waals surface area (Å²) < 4.78 is 31.2. The molecular weight excluding hydrogens is 450 g/mol. The second-order valence-electron chi connectivity index (χ2n) is 7.65. The molecule has 4 rings (SSSR count). The number of carbonyl (C=O) groups is 1. The molecule has 0 N–H and O–H groups in total. The molecule has 1 fully saturated rings. The van der Waals surface area contributed by atoms with Gasteiger partial charge in [-0.2, -0.15) is 0 Å². The van der Waals surface area contributed by atoms with E-state index in [-0.39, 0.29) is 23.5 Å². The van der Waals surface area contributed by atoms with Crippen LogP contribution in [-0.2, 0) is 21.2 Å². The van der Waals surface area contributed by atoms with E-state index in [1.54, 1.807) is 23.6 Å². The van der Waals surface area contributed by atoms with Crippen molar-refractivity contribution in [3.63, 3.8) is 0 Å². The van der Waals surface area contributed by atoms with Crippen molar-refractivity contribution in [2.24, 2.45) is 0 Å². The number of furan rings is 1. The number of nitrogens with zero attached hydrogens (tertiary/aromatic N) is 5. The van der Waals surface area contributed by atoms with Crippen molar-refractivity contribution in [1.29, 1.82) is 0 Å². The van der Waals surface area contributed by atoms with Gasteiger partial charge in [0.15, 0.2) is 20.8 Å². The topological polar surface area (TPSA) is 111 Å². The number of hydrogen-bond acceptors (Lipinski definition) is 8. The maximum absolute atomic E-state index is 13.2. The van der Waals surface area contributed by atoms with Gasteiger partial charge in [0.05, 0.1) is 29.6 Å². The highest BCUT2D eigenvalue weighted by atomic mass is 32.2. The average Bonchev–Trinajstić information content (AvgIpc) is 3.51. The van der Waals surface area contributed by atoms with Gasteiger partial charge in [0, 0.05) is 30.5 Å². The predicted molar refractivity (Wildman–Crippen MR) is 121 cm³/mol. The van der Waals surface area contributed by atoms with E-state index < -0.39 is 15.1 Å². The Hall–Kier alpha value is -2.66.